The number of nitrogens with zero attached hydrogens (tertiary/aromatic N) is 2. The van der Waals surface area contributed by atoms with E-state index >= 15 is 0 Å². The minimum absolute atomic E-state index is 0. The van der Waals surface area contributed by atoms with E-state index < -0.39 is 5.97 Å². The van der Waals surface area contributed by atoms with E-state index in [-0.39, 0.29) is 31.8 Å². The van der Waals surface area contributed by atoms with E-state index in [1.807, 2.05) is 84.9 Å². The molecule has 4 aromatic rings. The molecule has 6 nitrogen and oxygen atoms in total. The third-order valence-electron chi connectivity index (χ3n) is 5.62. The van der Waals surface area contributed by atoms with Gasteiger partial charge in [-0.15, -0.1) is 0 Å². The first-order valence-electron chi connectivity index (χ1n) is 10.5. The van der Waals surface area contributed by atoms with Crippen LogP contribution in [0.5, 0.6) is 0 Å². The predicted molar refractivity (Wildman–Crippen MR) is 136 cm³/mol. The van der Waals surface area contributed by atoms with Gasteiger partial charge in [0.2, 0.25) is 0 Å². The molecule has 2 aliphatic rings. The molecular formula is C27H18BiN4O2. The fraction of sp³-hybridized carbons (Fsp3) is 0. The normalized spacial score (nSPS) is 12.5. The number of aromatic nitrogens is 4. The SMILES string of the molecule is O=C(O)C1=C(c2ccccc2)c2cc3ccc(cc4ccc(cc5nc(cc1n2)C=C5)[nH]4)[nH]3.[Bi]. The summed E-state index contributed by atoms with van der Waals surface area (Å²) in [6.45, 7) is 0. The predicted octanol–water partition coefficient (Wildman–Crippen LogP) is 5.15. The van der Waals surface area contributed by atoms with Crippen molar-refractivity contribution in [3.8, 4) is 0 Å². The number of carbonyl (C=O) groups is 1. The topological polar surface area (TPSA) is 94.7 Å². The van der Waals surface area contributed by atoms with Gasteiger partial charge in [0.05, 0.1) is 28.3 Å². The minimum atomic E-state index is -1.03. The molecule has 3 radical (unpaired) electrons. The summed E-state index contributed by atoms with van der Waals surface area (Å²) >= 11 is 0. The van der Waals surface area contributed by atoms with Crippen LogP contribution in [-0.4, -0.2) is 57.2 Å². The molecule has 7 heteroatoms. The van der Waals surface area contributed by atoms with Crippen LogP contribution in [0.3, 0.4) is 0 Å². The fourth-order valence-electron chi connectivity index (χ4n) is 4.19. The summed E-state index contributed by atoms with van der Waals surface area (Å²) in [5, 5.41) is 10.1. The molecule has 3 aromatic heterocycles. The summed E-state index contributed by atoms with van der Waals surface area (Å²) in [4.78, 5) is 28.5. The summed E-state index contributed by atoms with van der Waals surface area (Å²) < 4.78 is 0. The molecule has 0 fully saturated rings. The summed E-state index contributed by atoms with van der Waals surface area (Å²) in [7, 11) is 0. The fourth-order valence-corrected chi connectivity index (χ4v) is 4.19. The van der Waals surface area contributed by atoms with Crippen molar-refractivity contribution in [1.29, 1.82) is 0 Å². The quantitative estimate of drug-likeness (QED) is 0.233. The van der Waals surface area contributed by atoms with Gasteiger partial charge in [-0.25, -0.2) is 14.8 Å². The molecule has 0 aliphatic carbocycles. The van der Waals surface area contributed by atoms with Crippen molar-refractivity contribution in [3.05, 3.63) is 107 Å². The number of fused-ring (bicyclic) bond motifs is 8. The zero-order valence-electron chi connectivity index (χ0n) is 17.9. The van der Waals surface area contributed by atoms with Crippen molar-refractivity contribution in [3.63, 3.8) is 0 Å². The van der Waals surface area contributed by atoms with E-state index in [0.29, 0.717) is 22.7 Å². The number of rotatable bonds is 2. The molecule has 0 spiro atoms. The van der Waals surface area contributed by atoms with Crippen molar-refractivity contribution in [1.82, 2.24) is 19.9 Å². The molecule has 8 bridgehead atoms. The Hall–Kier alpha value is -3.83. The number of nitrogens with one attached hydrogen (secondary N) is 2. The van der Waals surface area contributed by atoms with E-state index in [9.17, 15) is 9.90 Å². The zero-order chi connectivity index (χ0) is 22.4. The van der Waals surface area contributed by atoms with Crippen LogP contribution in [0.25, 0.3) is 45.4 Å². The first-order valence-corrected chi connectivity index (χ1v) is 10.5. The summed E-state index contributed by atoms with van der Waals surface area (Å²) in [5.74, 6) is -1.03. The van der Waals surface area contributed by atoms with E-state index in [0.717, 1.165) is 33.3 Å². The largest absolute Gasteiger partial charge is 0.478 e. The van der Waals surface area contributed by atoms with Gasteiger partial charge in [0, 0.05) is 53.8 Å². The van der Waals surface area contributed by atoms with Crippen LogP contribution < -0.4 is 0 Å². The Kier molecular flexibility index (Phi) is 5.72. The van der Waals surface area contributed by atoms with Gasteiger partial charge in [-0.2, -0.15) is 0 Å². The number of aromatic amines is 2. The van der Waals surface area contributed by atoms with Crippen LogP contribution in [0.1, 0.15) is 28.3 Å². The standard InChI is InChI=1S/C27H18N4O2.Bi/c32-27(33)26-24-15-22-11-9-20(30-22)13-18-7-6-17(28-18)12-19-8-10-21(29-19)14-23(31-24)25(26)16-4-2-1-3-5-16;/h1-15,28-29H,(H,32,33);. The van der Waals surface area contributed by atoms with Crippen molar-refractivity contribution in [2.75, 3.05) is 0 Å². The van der Waals surface area contributed by atoms with Gasteiger partial charge in [0.1, 0.15) is 0 Å². The number of carboxylic acid groups (broad SMARTS) is 1. The molecule has 0 saturated heterocycles. The maximum atomic E-state index is 12.4. The molecular weight excluding hydrogens is 621 g/mol. The second kappa shape index (κ2) is 8.84. The Balaban J connectivity index is 0.00000241. The van der Waals surface area contributed by atoms with E-state index in [1.165, 1.54) is 0 Å². The summed E-state index contributed by atoms with van der Waals surface area (Å²) in [6.07, 6.45) is 3.77. The molecule has 34 heavy (non-hydrogen) atoms. The summed E-state index contributed by atoms with van der Waals surface area (Å²) in [5.41, 5.74) is 7.61. The molecule has 3 N–H and O–H groups in total. The van der Waals surface area contributed by atoms with Gasteiger partial charge in [0.15, 0.2) is 0 Å². The molecule has 6 rings (SSSR count). The van der Waals surface area contributed by atoms with Gasteiger partial charge in [0.25, 0.3) is 0 Å². The van der Waals surface area contributed by atoms with Crippen LogP contribution >= 0.6 is 0 Å². The molecule has 2 aliphatic heterocycles. The Morgan fingerprint density at radius 2 is 1.26 bits per heavy atom. The number of hydrogen-bond donors (Lipinski definition) is 3. The number of hydrogen-bond acceptors (Lipinski definition) is 3. The third-order valence-corrected chi connectivity index (χ3v) is 5.62. The van der Waals surface area contributed by atoms with E-state index in [2.05, 4.69) is 15.0 Å². The van der Waals surface area contributed by atoms with Gasteiger partial charge in [-0.1, -0.05) is 30.3 Å². The Morgan fingerprint density at radius 1 is 0.676 bits per heavy atom. The van der Waals surface area contributed by atoms with Gasteiger partial charge < -0.3 is 15.1 Å². The molecule has 0 saturated carbocycles. The zero-order valence-corrected chi connectivity index (χ0v) is 21.3. The van der Waals surface area contributed by atoms with Crippen LogP contribution in [-0.2, 0) is 4.79 Å². The molecule has 0 amide bonds. The van der Waals surface area contributed by atoms with Crippen molar-refractivity contribution >= 4 is 77.5 Å². The molecule has 0 atom stereocenters. The maximum absolute atomic E-state index is 12.4. The van der Waals surface area contributed by atoms with Crippen LogP contribution in [0, 0.1) is 0 Å². The Morgan fingerprint density at radius 3 is 1.91 bits per heavy atom. The van der Waals surface area contributed by atoms with Crippen LogP contribution in [0.2, 0.25) is 0 Å². The van der Waals surface area contributed by atoms with Gasteiger partial charge in [-0.05, 0) is 66.2 Å². The third kappa shape index (κ3) is 4.11. The average molecular weight is 639 g/mol. The minimum Gasteiger partial charge on any atom is -0.478 e. The number of benzene rings is 1. The van der Waals surface area contributed by atoms with Crippen molar-refractivity contribution < 1.29 is 9.90 Å². The second-order valence-electron chi connectivity index (χ2n) is 7.91. The van der Waals surface area contributed by atoms with Gasteiger partial charge >= 0.3 is 5.97 Å². The molecule has 1 aromatic carbocycles. The van der Waals surface area contributed by atoms with E-state index in [1.54, 1.807) is 6.07 Å². The van der Waals surface area contributed by atoms with E-state index in [4.69, 9.17) is 4.98 Å². The van der Waals surface area contributed by atoms with Crippen molar-refractivity contribution in [2.45, 2.75) is 0 Å². The van der Waals surface area contributed by atoms with Gasteiger partial charge in [-0.3, -0.25) is 0 Å². The maximum Gasteiger partial charge on any atom is 0.338 e. The van der Waals surface area contributed by atoms with Crippen molar-refractivity contribution in [2.24, 2.45) is 0 Å². The smallest absolute Gasteiger partial charge is 0.338 e. The Bertz CT molecular complexity index is 1650. The molecule has 0 unspecified atom stereocenters. The monoisotopic (exact) mass is 639 g/mol. The second-order valence-corrected chi connectivity index (χ2v) is 7.91. The number of aliphatic carboxylic acids is 1. The molecule has 5 heterocycles. The first kappa shape index (κ1) is 22.0. The Labute approximate surface area is 213 Å². The summed E-state index contributed by atoms with van der Waals surface area (Å²) in [6, 6.07) is 25.0. The molecule has 163 valence electrons. The van der Waals surface area contributed by atoms with Crippen LogP contribution in [0.15, 0.2) is 78.9 Å². The number of H-pyrrole nitrogens is 2. The average Bonchev–Trinajstić information content (AvgIpc) is 3.58. The van der Waals surface area contributed by atoms with Crippen LogP contribution in [0.4, 0.5) is 0 Å². The number of carboxylic acids is 1. The first-order chi connectivity index (χ1) is 16.1.